The molecule has 0 amide bonds. The molecule has 4 heteroatoms. The fourth-order valence-electron chi connectivity index (χ4n) is 2.21. The molecule has 0 heterocycles. The number of hydrogen-bond donors (Lipinski definition) is 1. The van der Waals surface area contributed by atoms with E-state index in [1.807, 2.05) is 18.2 Å². The third-order valence-corrected chi connectivity index (χ3v) is 3.34. The van der Waals surface area contributed by atoms with Gasteiger partial charge in [0.15, 0.2) is 0 Å². The highest BCUT2D eigenvalue weighted by Gasteiger charge is 2.12. The van der Waals surface area contributed by atoms with E-state index in [9.17, 15) is 0 Å². The van der Waals surface area contributed by atoms with Gasteiger partial charge in [-0.15, -0.1) is 0 Å². The standard InChI is InChI=1S/C15H24ClNO2/c1-4-17-14(6-5-9-18-2)11-12-10-13(16)7-8-15(12)19-3/h7-8,10,14,17H,4-6,9,11H2,1-3H3. The lowest BCUT2D eigenvalue weighted by Gasteiger charge is -2.19. The highest BCUT2D eigenvalue weighted by molar-refractivity contribution is 6.30. The monoisotopic (exact) mass is 285 g/mol. The Kier molecular flexibility index (Phi) is 7.87. The van der Waals surface area contributed by atoms with Crippen LogP contribution in [-0.2, 0) is 11.2 Å². The lowest BCUT2D eigenvalue weighted by Crippen LogP contribution is -2.31. The van der Waals surface area contributed by atoms with Crippen molar-refractivity contribution in [2.45, 2.75) is 32.2 Å². The normalized spacial score (nSPS) is 12.4. The third kappa shape index (κ3) is 5.81. The lowest BCUT2D eigenvalue weighted by molar-refractivity contribution is 0.188. The number of ether oxygens (including phenoxy) is 2. The van der Waals surface area contributed by atoms with Crippen LogP contribution < -0.4 is 10.1 Å². The van der Waals surface area contributed by atoms with Gasteiger partial charge in [0.2, 0.25) is 0 Å². The SMILES string of the molecule is CCNC(CCCOC)Cc1cc(Cl)ccc1OC. The fraction of sp³-hybridized carbons (Fsp3) is 0.600. The number of benzene rings is 1. The summed E-state index contributed by atoms with van der Waals surface area (Å²) in [7, 11) is 3.43. The van der Waals surface area contributed by atoms with Gasteiger partial charge in [-0.3, -0.25) is 0 Å². The Morgan fingerprint density at radius 2 is 2.11 bits per heavy atom. The highest BCUT2D eigenvalue weighted by atomic mass is 35.5. The van der Waals surface area contributed by atoms with Crippen LogP contribution in [0.3, 0.4) is 0 Å². The molecule has 0 radical (unpaired) electrons. The molecule has 1 unspecified atom stereocenters. The summed E-state index contributed by atoms with van der Waals surface area (Å²) in [5.74, 6) is 0.902. The fourth-order valence-corrected chi connectivity index (χ4v) is 2.41. The molecule has 3 nitrogen and oxygen atoms in total. The summed E-state index contributed by atoms with van der Waals surface area (Å²) < 4.78 is 10.5. The van der Waals surface area contributed by atoms with E-state index in [2.05, 4.69) is 12.2 Å². The molecule has 1 rings (SSSR count). The van der Waals surface area contributed by atoms with Gasteiger partial charge in [0.25, 0.3) is 0 Å². The zero-order chi connectivity index (χ0) is 14.1. The van der Waals surface area contributed by atoms with Crippen molar-refractivity contribution in [1.82, 2.24) is 5.32 Å². The summed E-state index contributed by atoms with van der Waals surface area (Å²) in [4.78, 5) is 0. The van der Waals surface area contributed by atoms with E-state index in [4.69, 9.17) is 21.1 Å². The summed E-state index contributed by atoms with van der Waals surface area (Å²) in [5.41, 5.74) is 1.15. The molecule has 0 bridgehead atoms. The van der Waals surface area contributed by atoms with Crippen LogP contribution >= 0.6 is 11.6 Å². The quantitative estimate of drug-likeness (QED) is 0.706. The van der Waals surface area contributed by atoms with Gasteiger partial charge in [-0.05, 0) is 49.6 Å². The molecular formula is C15H24ClNO2. The van der Waals surface area contributed by atoms with Crippen LogP contribution in [0, 0.1) is 0 Å². The second-order valence-corrected chi connectivity index (χ2v) is 4.99. The van der Waals surface area contributed by atoms with Gasteiger partial charge in [0.1, 0.15) is 5.75 Å². The van der Waals surface area contributed by atoms with Gasteiger partial charge < -0.3 is 14.8 Å². The van der Waals surface area contributed by atoms with Crippen molar-refractivity contribution in [3.63, 3.8) is 0 Å². The first-order valence-corrected chi connectivity index (χ1v) is 7.13. The minimum Gasteiger partial charge on any atom is -0.496 e. The highest BCUT2D eigenvalue weighted by Crippen LogP contribution is 2.24. The Labute approximate surface area is 121 Å². The predicted octanol–water partition coefficient (Wildman–Crippen LogP) is 3.30. The molecule has 1 atom stereocenters. The van der Waals surface area contributed by atoms with E-state index >= 15 is 0 Å². The van der Waals surface area contributed by atoms with Crippen LogP contribution in [0.25, 0.3) is 0 Å². The van der Waals surface area contributed by atoms with E-state index in [1.54, 1.807) is 14.2 Å². The second kappa shape index (κ2) is 9.18. The Balaban J connectivity index is 2.68. The van der Waals surface area contributed by atoms with Gasteiger partial charge >= 0.3 is 0 Å². The van der Waals surface area contributed by atoms with Crippen LogP contribution in [0.5, 0.6) is 5.75 Å². The van der Waals surface area contributed by atoms with Gasteiger partial charge in [0.05, 0.1) is 7.11 Å². The molecule has 0 aliphatic carbocycles. The van der Waals surface area contributed by atoms with Crippen LogP contribution in [0.4, 0.5) is 0 Å². The van der Waals surface area contributed by atoms with Gasteiger partial charge in [-0.25, -0.2) is 0 Å². The van der Waals surface area contributed by atoms with Crippen molar-refractivity contribution in [2.75, 3.05) is 27.4 Å². The van der Waals surface area contributed by atoms with Crippen molar-refractivity contribution >= 4 is 11.6 Å². The zero-order valence-electron chi connectivity index (χ0n) is 12.0. The number of likely N-dealkylation sites (N-methyl/N-ethyl adjacent to an activating group) is 1. The van der Waals surface area contributed by atoms with Crippen molar-refractivity contribution in [3.05, 3.63) is 28.8 Å². The summed E-state index contributed by atoms with van der Waals surface area (Å²) in [6.07, 6.45) is 3.05. The predicted molar refractivity (Wildman–Crippen MR) is 80.3 cm³/mol. The number of halogens is 1. The molecule has 0 aromatic heterocycles. The van der Waals surface area contributed by atoms with Crippen molar-refractivity contribution in [3.8, 4) is 5.75 Å². The molecule has 0 aliphatic rings. The Bertz CT molecular complexity index is 371. The third-order valence-electron chi connectivity index (χ3n) is 3.10. The number of nitrogens with one attached hydrogen (secondary N) is 1. The molecule has 19 heavy (non-hydrogen) atoms. The van der Waals surface area contributed by atoms with Crippen molar-refractivity contribution in [1.29, 1.82) is 0 Å². The van der Waals surface area contributed by atoms with Gasteiger partial charge in [0, 0.05) is 24.8 Å². The van der Waals surface area contributed by atoms with E-state index in [0.717, 1.165) is 48.7 Å². The first-order chi connectivity index (χ1) is 9.21. The molecule has 0 spiro atoms. The zero-order valence-corrected chi connectivity index (χ0v) is 12.8. The van der Waals surface area contributed by atoms with Crippen molar-refractivity contribution in [2.24, 2.45) is 0 Å². The largest absolute Gasteiger partial charge is 0.496 e. The maximum absolute atomic E-state index is 6.07. The average molecular weight is 286 g/mol. The molecule has 108 valence electrons. The number of rotatable bonds is 9. The van der Waals surface area contributed by atoms with Crippen LogP contribution in [0.2, 0.25) is 5.02 Å². The van der Waals surface area contributed by atoms with Crippen LogP contribution in [0.1, 0.15) is 25.3 Å². The molecular weight excluding hydrogens is 262 g/mol. The maximum atomic E-state index is 6.07. The molecule has 0 aliphatic heterocycles. The minimum atomic E-state index is 0.424. The Hall–Kier alpha value is -0.770. The summed E-state index contributed by atoms with van der Waals surface area (Å²) in [6.45, 7) is 3.88. The molecule has 0 saturated heterocycles. The topological polar surface area (TPSA) is 30.5 Å². The van der Waals surface area contributed by atoms with Crippen LogP contribution in [0.15, 0.2) is 18.2 Å². The molecule has 1 aromatic carbocycles. The average Bonchev–Trinajstić information content (AvgIpc) is 2.39. The number of hydrogen-bond acceptors (Lipinski definition) is 3. The summed E-state index contributed by atoms with van der Waals surface area (Å²) in [6, 6.07) is 6.20. The molecule has 1 N–H and O–H groups in total. The first kappa shape index (κ1) is 16.3. The minimum absolute atomic E-state index is 0.424. The van der Waals surface area contributed by atoms with Gasteiger partial charge in [-0.1, -0.05) is 18.5 Å². The Morgan fingerprint density at radius 1 is 1.32 bits per heavy atom. The first-order valence-electron chi connectivity index (χ1n) is 6.76. The van der Waals surface area contributed by atoms with Gasteiger partial charge in [-0.2, -0.15) is 0 Å². The van der Waals surface area contributed by atoms with Crippen molar-refractivity contribution < 1.29 is 9.47 Å². The second-order valence-electron chi connectivity index (χ2n) is 4.55. The van der Waals surface area contributed by atoms with E-state index < -0.39 is 0 Å². The van der Waals surface area contributed by atoms with E-state index in [-0.39, 0.29) is 0 Å². The smallest absolute Gasteiger partial charge is 0.122 e. The summed E-state index contributed by atoms with van der Waals surface area (Å²) >= 11 is 6.07. The maximum Gasteiger partial charge on any atom is 0.122 e. The van der Waals surface area contributed by atoms with E-state index in [1.165, 1.54) is 0 Å². The van der Waals surface area contributed by atoms with Crippen LogP contribution in [-0.4, -0.2) is 33.4 Å². The Morgan fingerprint density at radius 3 is 2.74 bits per heavy atom. The molecule has 0 saturated carbocycles. The molecule has 1 aromatic rings. The van der Waals surface area contributed by atoms with E-state index in [0.29, 0.717) is 6.04 Å². The summed E-state index contributed by atoms with van der Waals surface area (Å²) in [5, 5.41) is 4.26. The number of methoxy groups -OCH3 is 2. The molecule has 0 fully saturated rings. The lowest BCUT2D eigenvalue weighted by atomic mass is 10.0.